The molecule has 0 saturated carbocycles. The minimum atomic E-state index is 0.0115. The van der Waals surface area contributed by atoms with Gasteiger partial charge in [0.2, 0.25) is 0 Å². The van der Waals surface area contributed by atoms with Gasteiger partial charge in [0.25, 0.3) is 5.91 Å². The van der Waals surface area contributed by atoms with Crippen molar-refractivity contribution in [2.45, 2.75) is 38.6 Å². The molecule has 2 aliphatic rings. The summed E-state index contributed by atoms with van der Waals surface area (Å²) in [6.45, 7) is 12.5. The first-order valence-corrected chi connectivity index (χ1v) is 8.97. The molecule has 2 saturated heterocycles. The molecule has 3 heterocycles. The van der Waals surface area contributed by atoms with Crippen LogP contribution in [-0.4, -0.2) is 66.0 Å². The van der Waals surface area contributed by atoms with Gasteiger partial charge in [0, 0.05) is 50.7 Å². The molecule has 22 heavy (non-hydrogen) atoms. The van der Waals surface area contributed by atoms with E-state index in [1.165, 1.54) is 0 Å². The van der Waals surface area contributed by atoms with Crippen LogP contribution in [0.25, 0.3) is 0 Å². The van der Waals surface area contributed by atoms with Gasteiger partial charge >= 0.3 is 0 Å². The standard InChI is InChI=1S/C16H26N4OS/c1-16(2,3)15-18-10-13(22-15)14(21)20-7-4-12(11-20)19-8-5-17-6-9-19/h10,12,17H,4-9,11H2,1-3H3. The quantitative estimate of drug-likeness (QED) is 0.898. The van der Waals surface area contributed by atoms with Crippen LogP contribution in [-0.2, 0) is 5.41 Å². The molecule has 0 aromatic carbocycles. The number of aromatic nitrogens is 1. The van der Waals surface area contributed by atoms with Crippen LogP contribution in [0.3, 0.4) is 0 Å². The highest BCUT2D eigenvalue weighted by molar-refractivity contribution is 7.13. The first kappa shape index (κ1) is 15.9. The minimum absolute atomic E-state index is 0.0115. The zero-order valence-electron chi connectivity index (χ0n) is 13.8. The Bertz CT molecular complexity index is 530. The molecule has 6 heteroatoms. The number of likely N-dealkylation sites (tertiary alicyclic amines) is 1. The van der Waals surface area contributed by atoms with Gasteiger partial charge in [-0.1, -0.05) is 20.8 Å². The summed E-state index contributed by atoms with van der Waals surface area (Å²) < 4.78 is 0. The lowest BCUT2D eigenvalue weighted by Gasteiger charge is -2.32. The van der Waals surface area contributed by atoms with E-state index in [1.807, 2.05) is 4.90 Å². The number of rotatable bonds is 2. The predicted octanol–water partition coefficient (Wildman–Crippen LogP) is 1.56. The van der Waals surface area contributed by atoms with Gasteiger partial charge < -0.3 is 10.2 Å². The van der Waals surface area contributed by atoms with Crippen LogP contribution in [0, 0.1) is 0 Å². The summed E-state index contributed by atoms with van der Waals surface area (Å²) >= 11 is 1.55. The fourth-order valence-electron chi connectivity index (χ4n) is 3.15. The van der Waals surface area contributed by atoms with E-state index in [-0.39, 0.29) is 11.3 Å². The van der Waals surface area contributed by atoms with Crippen LogP contribution in [0.1, 0.15) is 41.9 Å². The molecular formula is C16H26N4OS. The summed E-state index contributed by atoms with van der Waals surface area (Å²) in [7, 11) is 0. The number of hydrogen-bond acceptors (Lipinski definition) is 5. The summed E-state index contributed by atoms with van der Waals surface area (Å²) in [6, 6.07) is 0.529. The van der Waals surface area contributed by atoms with E-state index in [1.54, 1.807) is 17.5 Å². The summed E-state index contributed by atoms with van der Waals surface area (Å²) in [4.78, 5) is 22.4. The molecular weight excluding hydrogens is 296 g/mol. The fraction of sp³-hybridized carbons (Fsp3) is 0.750. The number of nitrogens with zero attached hydrogens (tertiary/aromatic N) is 3. The third kappa shape index (κ3) is 3.34. The second-order valence-corrected chi connectivity index (χ2v) is 8.29. The summed E-state index contributed by atoms with van der Waals surface area (Å²) in [6.07, 6.45) is 2.85. The zero-order chi connectivity index (χ0) is 15.7. The van der Waals surface area contributed by atoms with Crippen molar-refractivity contribution < 1.29 is 4.79 Å². The van der Waals surface area contributed by atoms with Crippen LogP contribution in [0.5, 0.6) is 0 Å². The summed E-state index contributed by atoms with van der Waals surface area (Å²) in [5.41, 5.74) is 0.0115. The Morgan fingerprint density at radius 1 is 1.32 bits per heavy atom. The molecule has 5 nitrogen and oxygen atoms in total. The SMILES string of the molecule is CC(C)(C)c1ncc(C(=O)N2CCC(N3CCNCC3)C2)s1. The van der Waals surface area contributed by atoms with Crippen molar-refractivity contribution in [3.8, 4) is 0 Å². The van der Waals surface area contributed by atoms with E-state index in [9.17, 15) is 4.79 Å². The molecule has 0 radical (unpaired) electrons. The van der Waals surface area contributed by atoms with Crippen molar-refractivity contribution in [2.75, 3.05) is 39.3 Å². The molecule has 1 unspecified atom stereocenters. The number of carbonyl (C=O) groups is 1. The third-order valence-electron chi connectivity index (χ3n) is 4.48. The third-order valence-corrected chi connectivity index (χ3v) is 5.89. The highest BCUT2D eigenvalue weighted by Crippen LogP contribution is 2.28. The minimum Gasteiger partial charge on any atom is -0.336 e. The van der Waals surface area contributed by atoms with E-state index in [2.05, 4.69) is 36.0 Å². The Balaban J connectivity index is 1.62. The zero-order valence-corrected chi connectivity index (χ0v) is 14.6. The maximum Gasteiger partial charge on any atom is 0.265 e. The number of piperazine rings is 1. The normalized spacial score (nSPS) is 24.0. The molecule has 1 N–H and O–H groups in total. The Morgan fingerprint density at radius 2 is 2.05 bits per heavy atom. The number of hydrogen-bond donors (Lipinski definition) is 1. The summed E-state index contributed by atoms with van der Waals surface area (Å²) in [5.74, 6) is 0.158. The molecule has 1 amide bonds. The van der Waals surface area contributed by atoms with Gasteiger partial charge in [-0.25, -0.2) is 4.98 Å². The first-order valence-electron chi connectivity index (χ1n) is 8.15. The highest BCUT2D eigenvalue weighted by atomic mass is 32.1. The maximum atomic E-state index is 12.7. The number of thiazole rings is 1. The van der Waals surface area contributed by atoms with E-state index in [0.717, 1.165) is 55.6 Å². The van der Waals surface area contributed by atoms with Crippen molar-refractivity contribution in [3.63, 3.8) is 0 Å². The van der Waals surface area contributed by atoms with Gasteiger partial charge in [-0.05, 0) is 6.42 Å². The lowest BCUT2D eigenvalue weighted by Crippen LogP contribution is -2.49. The molecule has 0 bridgehead atoms. The molecule has 2 fully saturated rings. The molecule has 1 atom stereocenters. The van der Waals surface area contributed by atoms with Crippen LogP contribution < -0.4 is 5.32 Å². The Kier molecular flexibility index (Phi) is 4.52. The first-order chi connectivity index (χ1) is 10.4. The second-order valence-electron chi connectivity index (χ2n) is 7.26. The summed E-state index contributed by atoms with van der Waals surface area (Å²) in [5, 5.41) is 4.42. The van der Waals surface area contributed by atoms with Crippen LogP contribution >= 0.6 is 11.3 Å². The van der Waals surface area contributed by atoms with Crippen molar-refractivity contribution in [1.82, 2.24) is 20.1 Å². The van der Waals surface area contributed by atoms with Gasteiger partial charge in [-0.3, -0.25) is 9.69 Å². The number of carbonyl (C=O) groups excluding carboxylic acids is 1. The van der Waals surface area contributed by atoms with E-state index < -0.39 is 0 Å². The molecule has 2 aliphatic heterocycles. The van der Waals surface area contributed by atoms with E-state index in [4.69, 9.17) is 0 Å². The average molecular weight is 322 g/mol. The van der Waals surface area contributed by atoms with Crippen molar-refractivity contribution >= 4 is 17.2 Å². The maximum absolute atomic E-state index is 12.7. The Morgan fingerprint density at radius 3 is 2.68 bits per heavy atom. The average Bonchev–Trinajstić information content (AvgIpc) is 3.16. The second kappa shape index (κ2) is 6.26. The van der Waals surface area contributed by atoms with E-state index in [0.29, 0.717) is 6.04 Å². The molecule has 1 aromatic heterocycles. The fourth-order valence-corrected chi connectivity index (χ4v) is 4.09. The van der Waals surface area contributed by atoms with Gasteiger partial charge in [-0.15, -0.1) is 11.3 Å². The largest absolute Gasteiger partial charge is 0.336 e. The van der Waals surface area contributed by atoms with E-state index >= 15 is 0 Å². The lowest BCUT2D eigenvalue weighted by atomic mass is 9.98. The van der Waals surface area contributed by atoms with Gasteiger partial charge in [0.05, 0.1) is 11.2 Å². The molecule has 0 spiro atoms. The predicted molar refractivity (Wildman–Crippen MR) is 89.6 cm³/mol. The lowest BCUT2D eigenvalue weighted by molar-refractivity contribution is 0.0778. The van der Waals surface area contributed by atoms with Gasteiger partial charge in [-0.2, -0.15) is 0 Å². The van der Waals surface area contributed by atoms with Crippen molar-refractivity contribution in [3.05, 3.63) is 16.1 Å². The van der Waals surface area contributed by atoms with Crippen molar-refractivity contribution in [1.29, 1.82) is 0 Å². The topological polar surface area (TPSA) is 48.5 Å². The van der Waals surface area contributed by atoms with Crippen molar-refractivity contribution in [2.24, 2.45) is 0 Å². The van der Waals surface area contributed by atoms with Crippen LogP contribution in [0.4, 0.5) is 0 Å². The molecule has 0 aliphatic carbocycles. The van der Waals surface area contributed by atoms with Crippen LogP contribution in [0.15, 0.2) is 6.20 Å². The van der Waals surface area contributed by atoms with Gasteiger partial charge in [0.15, 0.2) is 0 Å². The smallest absolute Gasteiger partial charge is 0.265 e. The monoisotopic (exact) mass is 322 g/mol. The Labute approximate surface area is 136 Å². The number of nitrogens with one attached hydrogen (secondary N) is 1. The molecule has 3 rings (SSSR count). The van der Waals surface area contributed by atoms with Crippen LogP contribution in [0.2, 0.25) is 0 Å². The molecule has 122 valence electrons. The number of amides is 1. The Hall–Kier alpha value is -0.980. The highest BCUT2D eigenvalue weighted by Gasteiger charge is 2.32. The van der Waals surface area contributed by atoms with Gasteiger partial charge in [0.1, 0.15) is 4.88 Å². The molecule has 1 aromatic rings.